The van der Waals surface area contributed by atoms with Gasteiger partial charge in [0, 0.05) is 32.4 Å². The zero-order chi connectivity index (χ0) is 23.3. The van der Waals surface area contributed by atoms with Crippen molar-refractivity contribution in [1.29, 1.82) is 0 Å². The summed E-state index contributed by atoms with van der Waals surface area (Å²) in [5.74, 6) is -1.33. The number of carboxylic acid groups (broad SMARTS) is 1. The molecule has 0 saturated carbocycles. The molecule has 5 rings (SSSR count). The first-order chi connectivity index (χ1) is 15.8. The van der Waals surface area contributed by atoms with E-state index in [1.54, 1.807) is 17.0 Å². The number of aromatic carboxylic acids is 1. The summed E-state index contributed by atoms with van der Waals surface area (Å²) in [4.78, 5) is 37.4. The van der Waals surface area contributed by atoms with Gasteiger partial charge in [0.1, 0.15) is 17.9 Å². The SMILES string of the molecule is C[C@H]1COc2c(Nc3cnc(N4CCN(C)CC4)nc3)c(F)cc3c(=O)c(C(=O)O)cn1c23. The summed E-state index contributed by atoms with van der Waals surface area (Å²) in [6.07, 6.45) is 4.44. The molecule has 0 bridgehead atoms. The van der Waals surface area contributed by atoms with Crippen molar-refractivity contribution >= 4 is 34.2 Å². The van der Waals surface area contributed by atoms with Gasteiger partial charge in [0.05, 0.1) is 35.0 Å². The van der Waals surface area contributed by atoms with E-state index in [0.29, 0.717) is 17.2 Å². The molecule has 0 aliphatic carbocycles. The number of hydrogen-bond donors (Lipinski definition) is 2. The number of ether oxygens (including phenoxy) is 1. The topological polar surface area (TPSA) is 113 Å². The van der Waals surface area contributed by atoms with Crippen molar-refractivity contribution in [3.63, 3.8) is 0 Å². The summed E-state index contributed by atoms with van der Waals surface area (Å²) in [7, 11) is 2.07. The van der Waals surface area contributed by atoms with Gasteiger partial charge in [-0.15, -0.1) is 0 Å². The van der Waals surface area contributed by atoms with Gasteiger partial charge in [-0.3, -0.25) is 4.79 Å². The molecule has 0 spiro atoms. The van der Waals surface area contributed by atoms with E-state index in [-0.39, 0.29) is 29.5 Å². The highest BCUT2D eigenvalue weighted by Crippen LogP contribution is 2.41. The molecular formula is C22H23FN6O4. The Labute approximate surface area is 188 Å². The summed E-state index contributed by atoms with van der Waals surface area (Å²) in [6.45, 7) is 5.54. The van der Waals surface area contributed by atoms with E-state index in [1.165, 1.54) is 6.20 Å². The average Bonchev–Trinajstić information content (AvgIpc) is 2.80. The number of halogens is 1. The molecule has 0 amide bonds. The van der Waals surface area contributed by atoms with Crippen LogP contribution in [-0.4, -0.2) is 70.3 Å². The van der Waals surface area contributed by atoms with Crippen molar-refractivity contribution in [2.75, 3.05) is 50.1 Å². The number of nitrogens with zero attached hydrogens (tertiary/aromatic N) is 5. The fourth-order valence-corrected chi connectivity index (χ4v) is 4.19. The number of anilines is 3. The van der Waals surface area contributed by atoms with Gasteiger partial charge in [-0.1, -0.05) is 0 Å². The highest BCUT2D eigenvalue weighted by Gasteiger charge is 2.28. The highest BCUT2D eigenvalue weighted by molar-refractivity contribution is 5.97. The number of likely N-dealkylation sites (N-methyl/N-ethyl adjacent to an activating group) is 1. The number of piperazine rings is 1. The highest BCUT2D eigenvalue weighted by atomic mass is 19.1. The third-order valence-corrected chi connectivity index (χ3v) is 6.09. The predicted octanol–water partition coefficient (Wildman–Crippen LogP) is 2.08. The lowest BCUT2D eigenvalue weighted by molar-refractivity contribution is 0.0694. The van der Waals surface area contributed by atoms with Crippen LogP contribution in [-0.2, 0) is 0 Å². The minimum Gasteiger partial charge on any atom is -0.487 e. The van der Waals surface area contributed by atoms with E-state index in [2.05, 4.69) is 32.1 Å². The average molecular weight is 454 g/mol. The fraction of sp³-hybridized carbons (Fsp3) is 0.364. The van der Waals surface area contributed by atoms with Gasteiger partial charge in [-0.05, 0) is 20.0 Å². The molecule has 1 saturated heterocycles. The van der Waals surface area contributed by atoms with E-state index >= 15 is 4.39 Å². The Morgan fingerprint density at radius 3 is 2.61 bits per heavy atom. The molecule has 3 aromatic rings. The maximum atomic E-state index is 15.1. The summed E-state index contributed by atoms with van der Waals surface area (Å²) < 4.78 is 22.6. The zero-order valence-corrected chi connectivity index (χ0v) is 18.2. The molecule has 11 heteroatoms. The molecule has 2 aliphatic rings. The van der Waals surface area contributed by atoms with Gasteiger partial charge in [0.15, 0.2) is 11.6 Å². The number of pyridine rings is 1. The third kappa shape index (κ3) is 3.63. The molecule has 2 aromatic heterocycles. The number of nitrogens with one attached hydrogen (secondary N) is 1. The Morgan fingerprint density at radius 2 is 1.94 bits per heavy atom. The Kier molecular flexibility index (Phi) is 5.12. The molecule has 172 valence electrons. The van der Waals surface area contributed by atoms with Gasteiger partial charge in [-0.25, -0.2) is 19.2 Å². The van der Waals surface area contributed by atoms with E-state index in [0.717, 1.165) is 32.2 Å². The van der Waals surface area contributed by atoms with Gasteiger partial charge in [-0.2, -0.15) is 0 Å². The first kappa shape index (κ1) is 21.1. The quantitative estimate of drug-likeness (QED) is 0.612. The van der Waals surface area contributed by atoms with Gasteiger partial charge in [0.25, 0.3) is 0 Å². The number of rotatable bonds is 4. The molecule has 0 unspecified atom stereocenters. The van der Waals surface area contributed by atoms with Crippen molar-refractivity contribution in [3.05, 3.63) is 46.3 Å². The zero-order valence-electron chi connectivity index (χ0n) is 18.2. The molecule has 1 atom stereocenters. The molecule has 2 N–H and O–H groups in total. The molecular weight excluding hydrogens is 431 g/mol. The maximum absolute atomic E-state index is 15.1. The second kappa shape index (κ2) is 8.00. The standard InChI is InChI=1S/C22H23FN6O4/c1-12-11-33-20-17(16(23)7-14-18(20)29(12)10-15(19(14)30)21(31)32)26-13-8-24-22(25-9-13)28-5-3-27(2)4-6-28/h7-10,12,26H,3-6,11H2,1-2H3,(H,31,32)/t12-/m0/s1. The Morgan fingerprint density at radius 1 is 1.24 bits per heavy atom. The normalized spacial score (nSPS) is 18.3. The van der Waals surface area contributed by atoms with Gasteiger partial charge >= 0.3 is 5.97 Å². The molecule has 4 heterocycles. The molecule has 0 radical (unpaired) electrons. The summed E-state index contributed by atoms with van der Waals surface area (Å²) in [6, 6.07) is 0.816. The Balaban J connectivity index is 1.53. The largest absolute Gasteiger partial charge is 0.487 e. The lowest BCUT2D eigenvalue weighted by atomic mass is 10.1. The lowest BCUT2D eigenvalue weighted by Crippen LogP contribution is -2.45. The van der Waals surface area contributed by atoms with Crippen LogP contribution in [0.1, 0.15) is 23.3 Å². The number of benzene rings is 1. The van der Waals surface area contributed by atoms with Crippen LogP contribution in [0, 0.1) is 5.82 Å². The number of carbonyl (C=O) groups is 1. The van der Waals surface area contributed by atoms with Crippen molar-refractivity contribution in [1.82, 2.24) is 19.4 Å². The molecule has 33 heavy (non-hydrogen) atoms. The van der Waals surface area contributed by atoms with Gasteiger partial charge in [0.2, 0.25) is 11.4 Å². The minimum atomic E-state index is -1.36. The second-order valence-electron chi connectivity index (χ2n) is 8.39. The second-order valence-corrected chi connectivity index (χ2v) is 8.39. The fourth-order valence-electron chi connectivity index (χ4n) is 4.19. The molecule has 1 fully saturated rings. The lowest BCUT2D eigenvalue weighted by Gasteiger charge is -2.32. The number of carboxylic acids is 1. The summed E-state index contributed by atoms with van der Waals surface area (Å²) >= 11 is 0. The molecule has 10 nitrogen and oxygen atoms in total. The monoisotopic (exact) mass is 454 g/mol. The Hall–Kier alpha value is -3.73. The van der Waals surface area contributed by atoms with E-state index < -0.39 is 22.8 Å². The van der Waals surface area contributed by atoms with Crippen LogP contribution < -0.4 is 20.4 Å². The summed E-state index contributed by atoms with van der Waals surface area (Å²) in [5.41, 5.74) is -0.307. The van der Waals surface area contributed by atoms with Crippen molar-refractivity contribution < 1.29 is 19.0 Å². The van der Waals surface area contributed by atoms with Crippen molar-refractivity contribution in [3.8, 4) is 5.75 Å². The third-order valence-electron chi connectivity index (χ3n) is 6.09. The predicted molar refractivity (Wildman–Crippen MR) is 120 cm³/mol. The Bertz CT molecular complexity index is 1300. The first-order valence-corrected chi connectivity index (χ1v) is 10.6. The van der Waals surface area contributed by atoms with Crippen LogP contribution in [0.4, 0.5) is 21.7 Å². The van der Waals surface area contributed by atoms with Crippen molar-refractivity contribution in [2.24, 2.45) is 0 Å². The van der Waals surface area contributed by atoms with Crippen LogP contribution >= 0.6 is 0 Å². The van der Waals surface area contributed by atoms with Crippen molar-refractivity contribution in [2.45, 2.75) is 13.0 Å². The maximum Gasteiger partial charge on any atom is 0.341 e. The van der Waals surface area contributed by atoms with Gasteiger partial charge < -0.3 is 29.5 Å². The molecule has 2 aliphatic heterocycles. The summed E-state index contributed by atoms with van der Waals surface area (Å²) in [5, 5.41) is 12.3. The van der Waals surface area contributed by atoms with E-state index in [9.17, 15) is 14.7 Å². The van der Waals surface area contributed by atoms with E-state index in [1.807, 2.05) is 6.92 Å². The number of aromatic nitrogens is 3. The minimum absolute atomic E-state index is 0.0406. The van der Waals surface area contributed by atoms with Crippen LogP contribution in [0.2, 0.25) is 0 Å². The van der Waals surface area contributed by atoms with Crippen LogP contribution in [0.15, 0.2) is 29.5 Å². The number of hydrogen-bond acceptors (Lipinski definition) is 8. The van der Waals surface area contributed by atoms with Crippen LogP contribution in [0.5, 0.6) is 5.75 Å². The molecule has 1 aromatic carbocycles. The smallest absolute Gasteiger partial charge is 0.341 e. The van der Waals surface area contributed by atoms with E-state index in [4.69, 9.17) is 4.74 Å². The van der Waals surface area contributed by atoms with Crippen LogP contribution in [0.25, 0.3) is 10.9 Å². The van der Waals surface area contributed by atoms with Crippen LogP contribution in [0.3, 0.4) is 0 Å². The first-order valence-electron chi connectivity index (χ1n) is 10.6.